The smallest absolute Gasteiger partial charge is 0.241 e. The van der Waals surface area contributed by atoms with Crippen LogP contribution in [0.2, 0.25) is 0 Å². The van der Waals surface area contributed by atoms with Gasteiger partial charge in [0, 0.05) is 85.4 Å². The minimum absolute atomic E-state index is 0.00875. The Bertz CT molecular complexity index is 3630. The van der Waals surface area contributed by atoms with Crippen molar-refractivity contribution in [3.8, 4) is 40.0 Å². The van der Waals surface area contributed by atoms with E-state index in [9.17, 15) is 19.2 Å². The number of aromatic nitrogens is 6. The molecule has 422 valence electrons. The molecule has 4 amide bonds. The number of nitrogens with one attached hydrogen (secondary N) is 2. The van der Waals surface area contributed by atoms with Gasteiger partial charge < -0.3 is 48.7 Å². The van der Waals surface area contributed by atoms with Gasteiger partial charge in [-0.2, -0.15) is 0 Å². The molecule has 2 saturated heterocycles. The molecule has 7 aromatic rings. The van der Waals surface area contributed by atoms with E-state index in [-0.39, 0.29) is 53.7 Å². The molecule has 81 heavy (non-hydrogen) atoms. The highest BCUT2D eigenvalue weighted by Gasteiger charge is 2.44. The molecule has 0 bridgehead atoms. The maximum atomic E-state index is 13.3. The Morgan fingerprint density at radius 1 is 0.704 bits per heavy atom. The van der Waals surface area contributed by atoms with Crippen molar-refractivity contribution < 1.29 is 33.4 Å². The Labute approximate surface area is 472 Å². The zero-order chi connectivity index (χ0) is 56.8. The number of likely N-dealkylation sites (N-methyl/N-ethyl adjacent to an activating group) is 1. The Kier molecular flexibility index (Phi) is 13.7. The monoisotopic (exact) mass is 1100 g/mol. The van der Waals surface area contributed by atoms with Gasteiger partial charge in [0.1, 0.15) is 29.0 Å². The van der Waals surface area contributed by atoms with E-state index in [0.717, 1.165) is 111 Å². The van der Waals surface area contributed by atoms with Gasteiger partial charge in [0.05, 0.1) is 59.1 Å². The zero-order valence-electron chi connectivity index (χ0n) is 48.1. The van der Waals surface area contributed by atoms with Crippen LogP contribution in [0.5, 0.6) is 17.5 Å². The average molecular weight is 1100 g/mol. The highest BCUT2D eigenvalue weighted by Crippen LogP contribution is 2.46. The molecule has 3 aromatic carbocycles. The number of carbonyl (C=O) groups excluding carboxylic acids is 4. The predicted molar refractivity (Wildman–Crippen MR) is 311 cm³/mol. The van der Waals surface area contributed by atoms with Crippen LogP contribution in [0.15, 0.2) is 85.5 Å². The number of pyridine rings is 2. The third-order valence-corrected chi connectivity index (χ3v) is 17.7. The van der Waals surface area contributed by atoms with Crippen molar-refractivity contribution in [2.75, 3.05) is 57.6 Å². The molecule has 6 aliphatic rings. The number of anilines is 2. The lowest BCUT2D eigenvalue weighted by molar-refractivity contribution is -0.129. The van der Waals surface area contributed by atoms with E-state index in [2.05, 4.69) is 43.7 Å². The molecule has 8 heterocycles. The minimum Gasteiger partial charge on any atom is -0.497 e. The highest BCUT2D eigenvalue weighted by atomic mass is 16.5. The molecule has 4 fully saturated rings. The van der Waals surface area contributed by atoms with Crippen molar-refractivity contribution in [1.29, 1.82) is 0 Å². The normalized spacial score (nSPS) is 21.0. The van der Waals surface area contributed by atoms with Gasteiger partial charge in [-0.25, -0.2) is 19.9 Å². The second kappa shape index (κ2) is 20.6. The number of fused-ring (bicyclic) bond motifs is 4. The molecule has 2 aliphatic carbocycles. The van der Waals surface area contributed by atoms with Gasteiger partial charge >= 0.3 is 0 Å². The number of likely N-dealkylation sites (tertiary alicyclic amines) is 1. The standard InChI is InChI=1S/C34H37N5O4.C29H36N6O3/c1-19(21-6-11-25(42-5)12-7-21)38-17-23(15-30(38)40)20(2)43-32-31-29(35-18-39(31)24-9-10-24)16-27(36-32)22-8-13-26-28(14-22)37-33(41)34(26,3)4;1-17(19-13-25(36)30-15-19)38-27-26-23(31-16-35(26)20-7-8-20)14-22(32-27)18-6-9-21-24(12-18)34(11-10-33(4)5)28(37)29(21,2)3/h6-8,11-14,16,18-20,23-24H,9-10,15,17H2,1-5H3,(H,37,41);6,9,12,14,16-17,19-20H,7-8,10-11,13,15H2,1-5H3,(H,30,36)/t19-,20-,23-;17-,19-/m11/s1. The summed E-state index contributed by atoms with van der Waals surface area (Å²) < 4.78 is 22.8. The molecule has 0 unspecified atom stereocenters. The molecular weight excluding hydrogens is 1020 g/mol. The number of hydrogen-bond donors (Lipinski definition) is 2. The predicted octanol–water partition coefficient (Wildman–Crippen LogP) is 9.57. The first kappa shape index (κ1) is 53.8. The third kappa shape index (κ3) is 10.0. The van der Waals surface area contributed by atoms with Gasteiger partial charge in [0.15, 0.2) is 0 Å². The fraction of sp³-hybridized carbons (Fsp3) is 0.460. The van der Waals surface area contributed by atoms with Crippen molar-refractivity contribution in [3.63, 3.8) is 0 Å². The summed E-state index contributed by atoms with van der Waals surface area (Å²) >= 11 is 0. The van der Waals surface area contributed by atoms with Crippen molar-refractivity contribution in [3.05, 3.63) is 102 Å². The summed E-state index contributed by atoms with van der Waals surface area (Å²) in [7, 11) is 5.68. The van der Waals surface area contributed by atoms with Crippen LogP contribution < -0.4 is 29.7 Å². The quantitative estimate of drug-likeness (QED) is 0.0933. The minimum atomic E-state index is -0.574. The van der Waals surface area contributed by atoms with Crippen LogP contribution in [0.4, 0.5) is 11.4 Å². The topological polar surface area (TPSA) is 191 Å². The van der Waals surface area contributed by atoms with Crippen LogP contribution in [0.25, 0.3) is 44.6 Å². The number of hydrogen-bond acceptors (Lipinski definition) is 12. The fourth-order valence-corrected chi connectivity index (χ4v) is 12.1. The molecule has 4 aliphatic heterocycles. The number of benzene rings is 3. The third-order valence-electron chi connectivity index (χ3n) is 17.7. The van der Waals surface area contributed by atoms with Crippen LogP contribution in [-0.2, 0) is 30.0 Å². The number of rotatable bonds is 16. The van der Waals surface area contributed by atoms with Crippen LogP contribution in [-0.4, -0.2) is 122 Å². The summed E-state index contributed by atoms with van der Waals surface area (Å²) in [5.74, 6) is 2.29. The number of nitrogens with zero attached hydrogens (tertiary/aromatic N) is 9. The lowest BCUT2D eigenvalue weighted by atomic mass is 9.85. The van der Waals surface area contributed by atoms with Crippen LogP contribution in [0.3, 0.4) is 0 Å². The van der Waals surface area contributed by atoms with E-state index in [1.54, 1.807) is 7.11 Å². The van der Waals surface area contributed by atoms with Gasteiger partial charge in [-0.3, -0.25) is 19.2 Å². The van der Waals surface area contributed by atoms with E-state index in [1.165, 1.54) is 0 Å². The second-order valence-corrected chi connectivity index (χ2v) is 24.5. The van der Waals surface area contributed by atoms with E-state index in [0.29, 0.717) is 56.3 Å². The molecule has 2 saturated carbocycles. The zero-order valence-corrected chi connectivity index (χ0v) is 48.1. The molecule has 5 atom stereocenters. The van der Waals surface area contributed by atoms with E-state index in [4.69, 9.17) is 34.1 Å². The number of carbonyl (C=O) groups is 4. The molecule has 13 rings (SSSR count). The maximum Gasteiger partial charge on any atom is 0.241 e. The summed E-state index contributed by atoms with van der Waals surface area (Å²) in [4.78, 5) is 76.4. The van der Waals surface area contributed by atoms with Crippen LogP contribution in [0.1, 0.15) is 122 Å². The summed E-state index contributed by atoms with van der Waals surface area (Å²) in [6.07, 6.45) is 8.70. The van der Waals surface area contributed by atoms with Crippen LogP contribution >= 0.6 is 0 Å². The lowest BCUT2D eigenvalue weighted by Gasteiger charge is -2.27. The van der Waals surface area contributed by atoms with E-state index >= 15 is 0 Å². The Morgan fingerprint density at radius 3 is 1.84 bits per heavy atom. The molecule has 2 N–H and O–H groups in total. The largest absolute Gasteiger partial charge is 0.497 e. The van der Waals surface area contributed by atoms with Crippen molar-refractivity contribution >= 4 is 57.1 Å². The summed E-state index contributed by atoms with van der Waals surface area (Å²) in [6.45, 7) is 16.6. The Hall–Kier alpha value is -7.86. The van der Waals surface area contributed by atoms with Crippen molar-refractivity contribution in [2.24, 2.45) is 11.8 Å². The Morgan fingerprint density at radius 2 is 1.28 bits per heavy atom. The Balaban J connectivity index is 0.000000162. The van der Waals surface area contributed by atoms with E-state index in [1.807, 2.05) is 139 Å². The SMILES string of the molecule is COc1ccc([C@@H](C)N2C[C@H]([C@@H](C)Oc3nc(-c4ccc5c(c4)NC(=O)C5(C)C)cc4ncn(C5CC5)c34)CC2=O)cc1.C[C@@H](Oc1nc(-c2ccc3c(c2)N(CCN(C)C)C(=O)C3(C)C)cc2ncn(C3CC3)c12)[C@H]1CNC(=O)C1. The van der Waals surface area contributed by atoms with E-state index < -0.39 is 10.8 Å². The average Bonchev–Trinajstić information content (AvgIpc) is 4.44. The summed E-state index contributed by atoms with van der Waals surface area (Å²) in [5.41, 5.74) is 10.4. The number of ether oxygens (including phenoxy) is 3. The summed E-state index contributed by atoms with van der Waals surface area (Å²) in [5, 5.41) is 5.93. The van der Waals surface area contributed by atoms with Gasteiger partial charge in [0.25, 0.3) is 0 Å². The van der Waals surface area contributed by atoms with Gasteiger partial charge in [-0.15, -0.1) is 0 Å². The van der Waals surface area contributed by atoms with Gasteiger partial charge in [-0.1, -0.05) is 36.4 Å². The highest BCUT2D eigenvalue weighted by molar-refractivity contribution is 6.08. The van der Waals surface area contributed by atoms with Crippen LogP contribution in [0, 0.1) is 11.8 Å². The maximum absolute atomic E-state index is 13.3. The summed E-state index contributed by atoms with van der Waals surface area (Å²) in [6, 6.07) is 24.9. The van der Waals surface area contributed by atoms with Crippen molar-refractivity contribution in [2.45, 2.75) is 128 Å². The first-order valence-corrected chi connectivity index (χ1v) is 28.6. The molecule has 0 spiro atoms. The number of amides is 4. The molecule has 18 heteroatoms. The molecular formula is C63H73N11O7. The lowest BCUT2D eigenvalue weighted by Crippen LogP contribution is -2.39. The first-order chi connectivity index (χ1) is 38.8. The molecule has 4 aromatic heterocycles. The molecule has 0 radical (unpaired) electrons. The first-order valence-electron chi connectivity index (χ1n) is 28.6. The number of methoxy groups -OCH3 is 1. The molecule has 18 nitrogen and oxygen atoms in total. The fourth-order valence-electron chi connectivity index (χ4n) is 12.1. The number of imidazole rings is 2. The van der Waals surface area contributed by atoms with Gasteiger partial charge in [-0.05, 0) is 141 Å². The van der Waals surface area contributed by atoms with Crippen molar-refractivity contribution in [1.82, 2.24) is 44.2 Å². The second-order valence-electron chi connectivity index (χ2n) is 24.5. The van der Waals surface area contributed by atoms with Gasteiger partial charge in [0.2, 0.25) is 35.4 Å².